The Morgan fingerprint density at radius 2 is 1.22 bits per heavy atom. The fourth-order valence-electron chi connectivity index (χ4n) is 10.9. The Kier molecular flexibility index (Phi) is 14.2. The van der Waals surface area contributed by atoms with Crippen LogP contribution in [0, 0.1) is 11.6 Å². The highest BCUT2D eigenvalue weighted by atomic mass is 35.5. The van der Waals surface area contributed by atoms with Crippen LogP contribution in [0.4, 0.5) is 20.4 Å². The van der Waals surface area contributed by atoms with Gasteiger partial charge in [0.05, 0.1) is 94.6 Å². The number of hydrogen-bond acceptors (Lipinski definition) is 15. The van der Waals surface area contributed by atoms with E-state index in [0.717, 1.165) is 54.9 Å². The van der Waals surface area contributed by atoms with Crippen molar-refractivity contribution in [2.24, 2.45) is 0 Å². The lowest BCUT2D eigenvalue weighted by Gasteiger charge is -2.47. The van der Waals surface area contributed by atoms with Gasteiger partial charge in [-0.05, 0) is 97.3 Å². The van der Waals surface area contributed by atoms with Crippen molar-refractivity contribution >= 4 is 70.0 Å². The molecule has 0 amide bonds. The van der Waals surface area contributed by atoms with E-state index < -0.39 is 34.8 Å². The van der Waals surface area contributed by atoms with E-state index in [2.05, 4.69) is 15.1 Å². The van der Waals surface area contributed by atoms with Crippen LogP contribution in [0.5, 0.6) is 23.0 Å². The second-order valence-corrected chi connectivity index (χ2v) is 22.4. The summed E-state index contributed by atoms with van der Waals surface area (Å²) in [5.41, 5.74) is 2.00. The van der Waals surface area contributed by atoms with E-state index in [4.69, 9.17) is 75.0 Å². The first-order valence-electron chi connectivity index (χ1n) is 25.7. The van der Waals surface area contributed by atoms with Crippen LogP contribution < -0.4 is 28.7 Å². The number of carboxylic acid groups (broad SMARTS) is 2. The third-order valence-electron chi connectivity index (χ3n) is 15.4. The van der Waals surface area contributed by atoms with Crippen LogP contribution in [-0.4, -0.2) is 97.7 Å². The van der Waals surface area contributed by atoms with E-state index in [0.29, 0.717) is 78.1 Å². The maximum absolute atomic E-state index is 14.8. The van der Waals surface area contributed by atoms with Crippen molar-refractivity contribution in [2.75, 3.05) is 50.2 Å². The van der Waals surface area contributed by atoms with Gasteiger partial charge in [-0.25, -0.2) is 33.0 Å². The molecular formula is C58H47Cl4F2N7O11. The van der Waals surface area contributed by atoms with Gasteiger partial charge in [0.15, 0.2) is 23.3 Å². The molecular weight excluding hydrogens is 1150 g/mol. The number of carbonyl (C=O) groups is 2. The van der Waals surface area contributed by atoms with Crippen molar-refractivity contribution in [3.63, 3.8) is 0 Å². The number of rotatable bonds is 19. The maximum atomic E-state index is 14.8. The van der Waals surface area contributed by atoms with Crippen molar-refractivity contribution in [1.82, 2.24) is 24.9 Å². The number of aromatic carboxylic acids is 2. The van der Waals surface area contributed by atoms with Gasteiger partial charge in [-0.2, -0.15) is 5.10 Å². The molecule has 2 aliphatic carbocycles. The standard InChI is InChI=1S/C58H47Cl4F2N7O11/c1-78-47-14-29(15-48(79-2)49(47)50-37(52(82-68-50)28-6-7-28)22-80-32-8-10-38(42(61)16-32)57(76)24-69(25-57)53-44(63)12-30(19-65-53)55(72)73)34-18-35(34)36-21-67-71(51-40(59)4-3-5-41(51)60)46(36)23-81-33-9-11-39(43(62)17-33)58(77)26-70(27-58)54-45(64)13-31(20-66-54)56(74)75/h3-5,8-17,19-21,28,34-35,76-77H,6-7,18,22-27H2,1-2H3,(H,72,73)(H,74,75). The summed E-state index contributed by atoms with van der Waals surface area (Å²) in [6, 6.07) is 20.7. The Labute approximate surface area is 485 Å². The molecule has 4 fully saturated rings. The largest absolute Gasteiger partial charge is 0.496 e. The Bertz CT molecular complexity index is 3840. The summed E-state index contributed by atoms with van der Waals surface area (Å²) in [7, 11) is 3.14. The minimum Gasteiger partial charge on any atom is -0.496 e. The van der Waals surface area contributed by atoms with Gasteiger partial charge in [0.25, 0.3) is 0 Å². The summed E-state index contributed by atoms with van der Waals surface area (Å²) < 4.78 is 62.3. The van der Waals surface area contributed by atoms with E-state index in [-0.39, 0.29) is 90.0 Å². The number of carboxylic acids is 2. The molecule has 2 saturated carbocycles. The molecule has 2 unspecified atom stereocenters. The molecule has 24 heteroatoms. The van der Waals surface area contributed by atoms with Crippen LogP contribution in [0.1, 0.15) is 97.0 Å². The number of methoxy groups -OCH3 is 2. The lowest BCUT2D eigenvalue weighted by atomic mass is 9.86. The number of para-hydroxylation sites is 1. The van der Waals surface area contributed by atoms with Gasteiger partial charge in [-0.3, -0.25) is 0 Å². The molecule has 0 radical (unpaired) electrons. The monoisotopic (exact) mass is 1200 g/mol. The predicted molar refractivity (Wildman–Crippen MR) is 297 cm³/mol. The summed E-state index contributed by atoms with van der Waals surface area (Å²) in [5, 5.41) is 52.0. The first kappa shape index (κ1) is 54.8. The van der Waals surface area contributed by atoms with Crippen LogP contribution in [0.3, 0.4) is 0 Å². The first-order valence-corrected chi connectivity index (χ1v) is 27.2. The number of anilines is 2. The zero-order valence-corrected chi connectivity index (χ0v) is 46.4. The number of aliphatic hydroxyl groups is 2. The molecule has 82 heavy (non-hydrogen) atoms. The third-order valence-corrected chi connectivity index (χ3v) is 16.6. The molecule has 8 aromatic rings. The molecule has 2 saturated heterocycles. The third kappa shape index (κ3) is 10.0. The highest BCUT2D eigenvalue weighted by molar-refractivity contribution is 6.37. The Hall–Kier alpha value is -7.72. The number of benzene rings is 4. The van der Waals surface area contributed by atoms with E-state index >= 15 is 0 Å². The molecule has 6 heterocycles. The number of halogens is 6. The molecule has 422 valence electrons. The van der Waals surface area contributed by atoms with Gasteiger partial charge < -0.3 is 53.7 Å². The second-order valence-electron chi connectivity index (χ2n) is 20.7. The van der Waals surface area contributed by atoms with Gasteiger partial charge in [0, 0.05) is 35.0 Å². The number of aromatic nitrogens is 5. The molecule has 2 atom stereocenters. The van der Waals surface area contributed by atoms with E-state index in [1.807, 2.05) is 12.1 Å². The van der Waals surface area contributed by atoms with Gasteiger partial charge >= 0.3 is 11.9 Å². The molecule has 4 aromatic heterocycles. The Morgan fingerprint density at radius 3 is 1.70 bits per heavy atom. The highest BCUT2D eigenvalue weighted by Gasteiger charge is 2.48. The second kappa shape index (κ2) is 21.2. The molecule has 4 N–H and O–H groups in total. The van der Waals surface area contributed by atoms with Crippen LogP contribution >= 0.6 is 46.4 Å². The topological polar surface area (TPSA) is 228 Å². The minimum absolute atomic E-state index is 0.00269. The summed E-state index contributed by atoms with van der Waals surface area (Å²) >= 11 is 27.1. The summed E-state index contributed by atoms with van der Waals surface area (Å²) in [6.45, 7) is -0.122. The van der Waals surface area contributed by atoms with Crippen molar-refractivity contribution < 1.29 is 62.3 Å². The smallest absolute Gasteiger partial charge is 0.337 e. The lowest BCUT2D eigenvalue weighted by Crippen LogP contribution is -2.60. The minimum atomic E-state index is -1.45. The fourth-order valence-corrected chi connectivity index (χ4v) is 12.2. The summed E-state index contributed by atoms with van der Waals surface area (Å²) in [5.74, 6) is -1.92. The van der Waals surface area contributed by atoms with E-state index in [9.17, 15) is 38.8 Å². The van der Waals surface area contributed by atoms with Gasteiger partial charge in [0.2, 0.25) is 0 Å². The molecule has 18 nitrogen and oxygen atoms in total. The van der Waals surface area contributed by atoms with Crippen molar-refractivity contribution in [1.29, 1.82) is 0 Å². The van der Waals surface area contributed by atoms with Crippen LogP contribution in [0.25, 0.3) is 16.9 Å². The normalized spacial score (nSPS) is 17.7. The zero-order chi connectivity index (χ0) is 57.5. The van der Waals surface area contributed by atoms with Crippen molar-refractivity contribution in [3.05, 3.63) is 180 Å². The fraction of sp³-hybridized carbons (Fsp3) is 0.276. The van der Waals surface area contributed by atoms with Gasteiger partial charge in [0.1, 0.15) is 64.6 Å². The molecule has 4 aliphatic rings. The van der Waals surface area contributed by atoms with Gasteiger partial charge in [-0.15, -0.1) is 0 Å². The number of nitrogens with zero attached hydrogens (tertiary/aromatic N) is 7. The van der Waals surface area contributed by atoms with Crippen LogP contribution in [0.2, 0.25) is 20.1 Å². The SMILES string of the molecule is COc1cc(C2CC2c2cnn(-c3c(Cl)cccc3Cl)c2COc2ccc(C3(O)CN(c4ncc(C(=O)O)cc4F)C3)c(Cl)c2)cc(OC)c1-c1noc(C2CC2)c1COc1ccc(C2(O)CN(c3ncc(C(=O)O)cc3F)C2)c(Cl)c1. The first-order chi connectivity index (χ1) is 39.3. The van der Waals surface area contributed by atoms with Gasteiger partial charge in [-0.1, -0.05) is 69.8 Å². The quantitative estimate of drug-likeness (QED) is 0.0590. The summed E-state index contributed by atoms with van der Waals surface area (Å²) in [6.07, 6.45) is 6.45. The number of β-amino-alcohol motifs (C(OH)–C–C–N with tert-alkyl or cyclic N) is 2. The van der Waals surface area contributed by atoms with Crippen molar-refractivity contribution in [2.45, 2.75) is 61.4 Å². The van der Waals surface area contributed by atoms with E-state index in [1.165, 1.54) is 9.80 Å². The average molecular weight is 1200 g/mol. The number of ether oxygens (including phenoxy) is 4. The molecule has 12 rings (SSSR count). The molecule has 0 spiro atoms. The molecule has 2 aliphatic heterocycles. The Morgan fingerprint density at radius 1 is 0.695 bits per heavy atom. The van der Waals surface area contributed by atoms with E-state index in [1.54, 1.807) is 79.7 Å². The predicted octanol–water partition coefficient (Wildman–Crippen LogP) is 11.3. The Balaban J connectivity index is 0.768. The van der Waals surface area contributed by atoms with Crippen LogP contribution in [-0.2, 0) is 24.4 Å². The van der Waals surface area contributed by atoms with Crippen molar-refractivity contribution in [3.8, 4) is 39.9 Å². The average Bonchev–Trinajstić information content (AvgIpc) is 3.92. The number of pyridine rings is 2. The summed E-state index contributed by atoms with van der Waals surface area (Å²) in [4.78, 5) is 33.5. The maximum Gasteiger partial charge on any atom is 0.337 e. The number of hydrogen-bond donors (Lipinski definition) is 4. The van der Waals surface area contributed by atoms with Crippen LogP contribution in [0.15, 0.2) is 102 Å². The zero-order valence-electron chi connectivity index (χ0n) is 43.4. The molecule has 4 aromatic carbocycles. The lowest BCUT2D eigenvalue weighted by molar-refractivity contribution is 0.00633. The highest BCUT2D eigenvalue weighted by Crippen LogP contribution is 2.58. The molecule has 0 bridgehead atoms.